The van der Waals surface area contributed by atoms with Crippen LogP contribution in [0.25, 0.3) is 0 Å². The number of hydrogen-bond acceptors (Lipinski definition) is 3. The summed E-state index contributed by atoms with van der Waals surface area (Å²) in [5.74, 6) is 0. The maximum atomic E-state index is 12.5. The van der Waals surface area contributed by atoms with E-state index < -0.39 is 23.3 Å². The molecule has 0 radical (unpaired) electrons. The molecule has 0 saturated carbocycles. The highest BCUT2D eigenvalue weighted by atomic mass is 19.4. The Morgan fingerprint density at radius 1 is 1.37 bits per heavy atom. The third-order valence-corrected chi connectivity index (χ3v) is 2.20. The number of urea groups is 1. The van der Waals surface area contributed by atoms with Crippen LogP contribution in [0.1, 0.15) is 11.1 Å². The molecule has 1 aromatic rings. The van der Waals surface area contributed by atoms with E-state index in [4.69, 9.17) is 11.0 Å². The highest BCUT2D eigenvalue weighted by Gasteiger charge is 2.33. The molecule has 0 bridgehead atoms. The van der Waals surface area contributed by atoms with Gasteiger partial charge in [-0.1, -0.05) is 0 Å². The Kier molecular flexibility index (Phi) is 4.58. The molecular formula is C11H11F3N4O. The highest BCUT2D eigenvalue weighted by molar-refractivity contribution is 5.71. The number of carbonyl (C=O) groups excluding carboxylic acids is 1. The van der Waals surface area contributed by atoms with E-state index in [0.717, 1.165) is 12.1 Å². The molecule has 0 saturated heterocycles. The van der Waals surface area contributed by atoms with E-state index >= 15 is 0 Å². The largest absolute Gasteiger partial charge is 0.417 e. The van der Waals surface area contributed by atoms with Gasteiger partial charge in [-0.15, -0.1) is 0 Å². The van der Waals surface area contributed by atoms with E-state index in [2.05, 4.69) is 10.6 Å². The third-order valence-electron chi connectivity index (χ3n) is 2.20. The van der Waals surface area contributed by atoms with Gasteiger partial charge < -0.3 is 16.4 Å². The van der Waals surface area contributed by atoms with E-state index in [-0.39, 0.29) is 13.1 Å². The van der Waals surface area contributed by atoms with Crippen LogP contribution in [-0.4, -0.2) is 19.1 Å². The first-order valence-corrected chi connectivity index (χ1v) is 5.23. The smallest absolute Gasteiger partial charge is 0.383 e. The normalized spacial score (nSPS) is 10.6. The SMILES string of the molecule is N#Cc1cc(NCCNC(N)=O)ccc1C(F)(F)F. The van der Waals surface area contributed by atoms with Crippen molar-refractivity contribution in [2.45, 2.75) is 6.18 Å². The lowest BCUT2D eigenvalue weighted by Gasteiger charge is -2.11. The number of rotatable bonds is 4. The quantitative estimate of drug-likeness (QED) is 0.728. The molecule has 0 atom stereocenters. The maximum absolute atomic E-state index is 12.5. The van der Waals surface area contributed by atoms with Crippen LogP contribution in [0.3, 0.4) is 0 Å². The lowest BCUT2D eigenvalue weighted by molar-refractivity contribution is -0.137. The third kappa shape index (κ3) is 4.39. The number of nitrogens with two attached hydrogens (primary N) is 1. The number of nitrogens with zero attached hydrogens (tertiary/aromatic N) is 1. The van der Waals surface area contributed by atoms with Crippen LogP contribution in [-0.2, 0) is 6.18 Å². The van der Waals surface area contributed by atoms with Crippen molar-refractivity contribution in [2.75, 3.05) is 18.4 Å². The molecule has 8 heteroatoms. The first-order chi connectivity index (χ1) is 8.84. The van der Waals surface area contributed by atoms with E-state index in [1.165, 1.54) is 12.1 Å². The number of hydrogen-bond donors (Lipinski definition) is 3. The van der Waals surface area contributed by atoms with Crippen molar-refractivity contribution in [2.24, 2.45) is 5.73 Å². The van der Waals surface area contributed by atoms with Gasteiger partial charge >= 0.3 is 12.2 Å². The van der Waals surface area contributed by atoms with Crippen molar-refractivity contribution in [3.63, 3.8) is 0 Å². The average molecular weight is 272 g/mol. The summed E-state index contributed by atoms with van der Waals surface area (Å²) in [5, 5.41) is 13.8. The molecule has 0 unspecified atom stereocenters. The average Bonchev–Trinajstić information content (AvgIpc) is 2.32. The number of nitrogens with one attached hydrogen (secondary N) is 2. The molecule has 0 fully saturated rings. The van der Waals surface area contributed by atoms with E-state index in [1.807, 2.05) is 0 Å². The fourth-order valence-corrected chi connectivity index (χ4v) is 1.39. The van der Waals surface area contributed by atoms with Gasteiger partial charge in [-0.25, -0.2) is 4.79 Å². The Morgan fingerprint density at radius 3 is 2.58 bits per heavy atom. The molecule has 19 heavy (non-hydrogen) atoms. The standard InChI is InChI=1S/C11H11F3N4O/c12-11(13,14)9-2-1-8(5-7(9)6-15)17-3-4-18-10(16)19/h1-2,5,17H,3-4H2,(H3,16,18,19). The molecule has 4 N–H and O–H groups in total. The topological polar surface area (TPSA) is 90.9 Å². The van der Waals surface area contributed by atoms with Crippen molar-refractivity contribution in [1.29, 1.82) is 5.26 Å². The molecule has 0 aromatic heterocycles. The summed E-state index contributed by atoms with van der Waals surface area (Å²) in [6.07, 6.45) is -4.56. The fraction of sp³-hybridized carbons (Fsp3) is 0.273. The van der Waals surface area contributed by atoms with Crippen molar-refractivity contribution in [3.05, 3.63) is 29.3 Å². The summed E-state index contributed by atoms with van der Waals surface area (Å²) in [6, 6.07) is 3.97. The minimum absolute atomic E-state index is 0.220. The molecule has 1 aromatic carbocycles. The van der Waals surface area contributed by atoms with Crippen molar-refractivity contribution in [3.8, 4) is 6.07 Å². The summed E-state index contributed by atoms with van der Waals surface area (Å²) in [4.78, 5) is 10.4. The van der Waals surface area contributed by atoms with Crippen molar-refractivity contribution in [1.82, 2.24) is 5.32 Å². The van der Waals surface area contributed by atoms with Crippen LogP contribution in [0.15, 0.2) is 18.2 Å². The van der Waals surface area contributed by atoms with Gasteiger partial charge in [0.1, 0.15) is 0 Å². The zero-order valence-corrected chi connectivity index (χ0v) is 9.71. The molecule has 5 nitrogen and oxygen atoms in total. The Morgan fingerprint density at radius 2 is 2.05 bits per heavy atom. The van der Waals surface area contributed by atoms with Gasteiger partial charge in [0.05, 0.1) is 17.2 Å². The van der Waals surface area contributed by atoms with Crippen LogP contribution in [0, 0.1) is 11.3 Å². The number of alkyl halides is 3. The fourth-order valence-electron chi connectivity index (χ4n) is 1.39. The van der Waals surface area contributed by atoms with Gasteiger partial charge in [-0.3, -0.25) is 0 Å². The van der Waals surface area contributed by atoms with Gasteiger partial charge in [0.2, 0.25) is 0 Å². The first-order valence-electron chi connectivity index (χ1n) is 5.23. The molecule has 0 aliphatic rings. The van der Waals surface area contributed by atoms with Crippen molar-refractivity contribution < 1.29 is 18.0 Å². The van der Waals surface area contributed by atoms with Crippen LogP contribution in [0.4, 0.5) is 23.7 Å². The van der Waals surface area contributed by atoms with E-state index in [0.29, 0.717) is 5.69 Å². The van der Waals surface area contributed by atoms with Crippen molar-refractivity contribution >= 4 is 11.7 Å². The van der Waals surface area contributed by atoms with Gasteiger partial charge in [-0.05, 0) is 18.2 Å². The monoisotopic (exact) mass is 272 g/mol. The molecule has 0 spiro atoms. The number of carbonyl (C=O) groups is 1. The number of nitriles is 1. The summed E-state index contributed by atoms with van der Waals surface area (Å²) in [7, 11) is 0. The maximum Gasteiger partial charge on any atom is 0.417 e. The molecule has 0 heterocycles. The minimum Gasteiger partial charge on any atom is -0.383 e. The highest BCUT2D eigenvalue weighted by Crippen LogP contribution is 2.32. The predicted molar refractivity (Wildman–Crippen MR) is 62.2 cm³/mol. The molecule has 0 aliphatic heterocycles. The van der Waals surface area contributed by atoms with Gasteiger partial charge in [-0.2, -0.15) is 18.4 Å². The minimum atomic E-state index is -4.56. The second-order valence-electron chi connectivity index (χ2n) is 3.59. The number of amides is 2. The van der Waals surface area contributed by atoms with Crippen LogP contribution < -0.4 is 16.4 Å². The first kappa shape index (κ1) is 14.6. The summed E-state index contributed by atoms with van der Waals surface area (Å²) in [6.45, 7) is 0.497. The zero-order valence-electron chi connectivity index (χ0n) is 9.71. The van der Waals surface area contributed by atoms with E-state index in [9.17, 15) is 18.0 Å². The molecular weight excluding hydrogens is 261 g/mol. The van der Waals surface area contributed by atoms with E-state index in [1.54, 1.807) is 0 Å². The second kappa shape index (κ2) is 5.95. The Labute approximate surface area is 107 Å². The number of benzene rings is 1. The zero-order chi connectivity index (χ0) is 14.5. The summed E-state index contributed by atoms with van der Waals surface area (Å²) < 4.78 is 37.6. The predicted octanol–water partition coefficient (Wildman–Crippen LogP) is 1.66. The van der Waals surface area contributed by atoms with Crippen LogP contribution in [0.5, 0.6) is 0 Å². The molecule has 0 aliphatic carbocycles. The number of primary amides is 1. The summed E-state index contributed by atoms with van der Waals surface area (Å²) >= 11 is 0. The number of halogens is 3. The Bertz CT molecular complexity index is 508. The lowest BCUT2D eigenvalue weighted by atomic mass is 10.1. The van der Waals surface area contributed by atoms with Gasteiger partial charge in [0.25, 0.3) is 0 Å². The van der Waals surface area contributed by atoms with Crippen LogP contribution in [0.2, 0.25) is 0 Å². The van der Waals surface area contributed by atoms with Crippen LogP contribution >= 0.6 is 0 Å². The summed E-state index contributed by atoms with van der Waals surface area (Å²) in [5.41, 5.74) is 3.76. The molecule has 1 rings (SSSR count). The molecule has 102 valence electrons. The van der Waals surface area contributed by atoms with Gasteiger partial charge in [0.15, 0.2) is 0 Å². The second-order valence-corrected chi connectivity index (χ2v) is 3.59. The molecule has 2 amide bonds. The Hall–Kier alpha value is -2.43. The lowest BCUT2D eigenvalue weighted by Crippen LogP contribution is -2.33. The number of anilines is 1. The van der Waals surface area contributed by atoms with Gasteiger partial charge in [0, 0.05) is 18.8 Å². The Balaban J connectivity index is 2.73.